The van der Waals surface area contributed by atoms with Crippen LogP contribution in [0.3, 0.4) is 0 Å². The van der Waals surface area contributed by atoms with Gasteiger partial charge in [0.25, 0.3) is 11.6 Å². The third-order valence-corrected chi connectivity index (χ3v) is 4.06. The summed E-state index contributed by atoms with van der Waals surface area (Å²) in [5, 5.41) is 13.7. The molecule has 6 nitrogen and oxygen atoms in total. The Kier molecular flexibility index (Phi) is 4.72. The summed E-state index contributed by atoms with van der Waals surface area (Å²) in [4.78, 5) is 24.7. The highest BCUT2D eigenvalue weighted by Gasteiger charge is 2.21. The van der Waals surface area contributed by atoms with Crippen LogP contribution >= 0.6 is 15.9 Å². The van der Waals surface area contributed by atoms with Crippen LogP contribution in [0.1, 0.15) is 23.2 Å². The molecule has 1 aromatic carbocycles. The van der Waals surface area contributed by atoms with Gasteiger partial charge >= 0.3 is 0 Å². The Morgan fingerprint density at radius 3 is 2.95 bits per heavy atom. The molecule has 0 bridgehead atoms. The third kappa shape index (κ3) is 3.55. The van der Waals surface area contributed by atoms with Crippen molar-refractivity contribution in [2.45, 2.75) is 18.9 Å². The van der Waals surface area contributed by atoms with Crippen LogP contribution in [0.25, 0.3) is 0 Å². The van der Waals surface area contributed by atoms with Crippen molar-refractivity contribution < 1.29 is 9.72 Å². The zero-order valence-electron chi connectivity index (χ0n) is 11.1. The number of hydrogen-bond acceptors (Lipinski definition) is 4. The molecule has 0 spiro atoms. The SMILES string of the molecule is CN1CCCC(NC(=O)c2cc([N+](=O)[O-])ccc2Br)C1. The van der Waals surface area contributed by atoms with Crippen LogP contribution in [0.2, 0.25) is 0 Å². The summed E-state index contributed by atoms with van der Waals surface area (Å²) in [6.07, 6.45) is 1.97. The van der Waals surface area contributed by atoms with E-state index in [-0.39, 0.29) is 17.6 Å². The fraction of sp³-hybridized carbons (Fsp3) is 0.462. The number of likely N-dealkylation sites (N-methyl/N-ethyl adjacent to an activating group) is 1. The molecule has 1 aliphatic rings. The number of carbonyl (C=O) groups excluding carboxylic acids is 1. The van der Waals surface area contributed by atoms with E-state index in [2.05, 4.69) is 26.1 Å². The van der Waals surface area contributed by atoms with Crippen LogP contribution < -0.4 is 5.32 Å². The topological polar surface area (TPSA) is 75.5 Å². The van der Waals surface area contributed by atoms with Gasteiger partial charge in [0.1, 0.15) is 0 Å². The molecule has 1 saturated heterocycles. The van der Waals surface area contributed by atoms with Crippen LogP contribution in [0, 0.1) is 10.1 Å². The van der Waals surface area contributed by atoms with Gasteiger partial charge in [0, 0.05) is 29.2 Å². The first-order valence-electron chi connectivity index (χ1n) is 6.40. The molecule has 20 heavy (non-hydrogen) atoms. The van der Waals surface area contributed by atoms with E-state index in [9.17, 15) is 14.9 Å². The van der Waals surface area contributed by atoms with Crippen molar-refractivity contribution in [2.24, 2.45) is 0 Å². The molecule has 1 atom stereocenters. The van der Waals surface area contributed by atoms with E-state index in [1.54, 1.807) is 0 Å². The molecule has 2 rings (SSSR count). The molecule has 1 amide bonds. The predicted molar refractivity (Wildman–Crippen MR) is 78.8 cm³/mol. The Balaban J connectivity index is 2.12. The molecule has 0 aromatic heterocycles. The monoisotopic (exact) mass is 341 g/mol. The van der Waals surface area contributed by atoms with Gasteiger partial charge in [-0.2, -0.15) is 0 Å². The van der Waals surface area contributed by atoms with Gasteiger partial charge in [-0.3, -0.25) is 14.9 Å². The Morgan fingerprint density at radius 1 is 1.55 bits per heavy atom. The summed E-state index contributed by atoms with van der Waals surface area (Å²) in [5.41, 5.74) is 0.214. The van der Waals surface area contributed by atoms with Crippen molar-refractivity contribution in [3.63, 3.8) is 0 Å². The molecular weight excluding hydrogens is 326 g/mol. The van der Waals surface area contributed by atoms with Crippen molar-refractivity contribution >= 4 is 27.5 Å². The molecular formula is C13H16BrN3O3. The highest BCUT2D eigenvalue weighted by atomic mass is 79.9. The fourth-order valence-electron chi connectivity index (χ4n) is 2.35. The quantitative estimate of drug-likeness (QED) is 0.675. The lowest BCUT2D eigenvalue weighted by Gasteiger charge is -2.30. The van der Waals surface area contributed by atoms with Crippen LogP contribution in [0.4, 0.5) is 5.69 Å². The van der Waals surface area contributed by atoms with E-state index in [1.165, 1.54) is 18.2 Å². The second-order valence-electron chi connectivity index (χ2n) is 5.00. The normalized spacial score (nSPS) is 19.6. The van der Waals surface area contributed by atoms with Gasteiger partial charge in [-0.1, -0.05) is 0 Å². The van der Waals surface area contributed by atoms with Crippen molar-refractivity contribution in [1.82, 2.24) is 10.2 Å². The first-order chi connectivity index (χ1) is 9.47. The first kappa shape index (κ1) is 14.9. The third-order valence-electron chi connectivity index (χ3n) is 3.37. The predicted octanol–water partition coefficient (Wildman–Crippen LogP) is 2.18. The van der Waals surface area contributed by atoms with E-state index in [4.69, 9.17) is 0 Å². The molecule has 1 unspecified atom stereocenters. The van der Waals surface area contributed by atoms with Crippen molar-refractivity contribution in [2.75, 3.05) is 20.1 Å². The molecule has 1 aliphatic heterocycles. The summed E-state index contributed by atoms with van der Waals surface area (Å²) in [7, 11) is 2.02. The first-order valence-corrected chi connectivity index (χ1v) is 7.20. The molecule has 0 saturated carbocycles. The highest BCUT2D eigenvalue weighted by molar-refractivity contribution is 9.10. The van der Waals surface area contributed by atoms with Crippen molar-refractivity contribution in [3.05, 3.63) is 38.3 Å². The highest BCUT2D eigenvalue weighted by Crippen LogP contribution is 2.23. The fourth-order valence-corrected chi connectivity index (χ4v) is 2.77. The van der Waals surface area contributed by atoms with Crippen LogP contribution in [-0.4, -0.2) is 41.9 Å². The minimum atomic E-state index is -0.502. The van der Waals surface area contributed by atoms with Gasteiger partial charge in [0.15, 0.2) is 0 Å². The number of nitro benzene ring substituents is 1. The van der Waals surface area contributed by atoms with Crippen molar-refractivity contribution in [1.29, 1.82) is 0 Å². The number of halogens is 1. The van der Waals surface area contributed by atoms with Gasteiger partial charge in [-0.15, -0.1) is 0 Å². The molecule has 108 valence electrons. The minimum Gasteiger partial charge on any atom is -0.348 e. The van der Waals surface area contributed by atoms with Crippen LogP contribution in [0.15, 0.2) is 22.7 Å². The average molecular weight is 342 g/mol. The number of nitrogens with one attached hydrogen (secondary N) is 1. The Hall–Kier alpha value is -1.47. The van der Waals surface area contributed by atoms with Gasteiger partial charge in [0.05, 0.1) is 10.5 Å². The standard InChI is InChI=1S/C13H16BrN3O3/c1-16-6-2-3-9(8-16)15-13(18)11-7-10(17(19)20)4-5-12(11)14/h4-5,7,9H,2-3,6,8H2,1H3,(H,15,18). The lowest BCUT2D eigenvalue weighted by Crippen LogP contribution is -2.46. The smallest absolute Gasteiger partial charge is 0.270 e. The number of nitrogens with zero attached hydrogens (tertiary/aromatic N) is 2. The van der Waals surface area contributed by atoms with E-state index in [1.807, 2.05) is 7.05 Å². The number of nitro groups is 1. The Bertz CT molecular complexity index is 536. The second kappa shape index (κ2) is 6.32. The van der Waals surface area contributed by atoms with Gasteiger partial charge in [-0.25, -0.2) is 0 Å². The van der Waals surface area contributed by atoms with Gasteiger partial charge < -0.3 is 10.2 Å². The average Bonchev–Trinajstić information content (AvgIpc) is 2.38. The number of piperidine rings is 1. The largest absolute Gasteiger partial charge is 0.348 e. The van der Waals surface area contributed by atoms with E-state index >= 15 is 0 Å². The summed E-state index contributed by atoms with van der Waals surface area (Å²) < 4.78 is 0.560. The Morgan fingerprint density at radius 2 is 2.30 bits per heavy atom. The van der Waals surface area contributed by atoms with Gasteiger partial charge in [0.2, 0.25) is 0 Å². The van der Waals surface area contributed by atoms with Crippen LogP contribution in [-0.2, 0) is 0 Å². The van der Waals surface area contributed by atoms with E-state index in [0.717, 1.165) is 25.9 Å². The number of amides is 1. The number of non-ortho nitro benzene ring substituents is 1. The van der Waals surface area contributed by atoms with Crippen molar-refractivity contribution in [3.8, 4) is 0 Å². The van der Waals surface area contributed by atoms with Crippen LogP contribution in [0.5, 0.6) is 0 Å². The maximum atomic E-state index is 12.2. The molecule has 0 aliphatic carbocycles. The van der Waals surface area contributed by atoms with Gasteiger partial charge in [-0.05, 0) is 48.4 Å². The minimum absolute atomic E-state index is 0.0842. The molecule has 1 fully saturated rings. The zero-order chi connectivity index (χ0) is 14.7. The maximum Gasteiger partial charge on any atom is 0.270 e. The number of hydrogen-bond donors (Lipinski definition) is 1. The Labute approximate surface area is 125 Å². The zero-order valence-corrected chi connectivity index (χ0v) is 12.7. The summed E-state index contributed by atoms with van der Waals surface area (Å²) in [6, 6.07) is 4.29. The van der Waals surface area contributed by atoms with E-state index < -0.39 is 4.92 Å². The second-order valence-corrected chi connectivity index (χ2v) is 5.85. The molecule has 1 N–H and O–H groups in total. The maximum absolute atomic E-state index is 12.2. The number of benzene rings is 1. The summed E-state index contributed by atoms with van der Waals surface area (Å²) >= 11 is 3.26. The lowest BCUT2D eigenvalue weighted by atomic mass is 10.1. The molecule has 1 heterocycles. The van der Waals surface area contributed by atoms with E-state index in [0.29, 0.717) is 10.0 Å². The number of rotatable bonds is 3. The molecule has 7 heteroatoms. The summed E-state index contributed by atoms with van der Waals surface area (Å²) in [6.45, 7) is 1.84. The summed E-state index contributed by atoms with van der Waals surface area (Å²) in [5.74, 6) is -0.277. The molecule has 0 radical (unpaired) electrons. The molecule has 1 aromatic rings. The lowest BCUT2D eigenvalue weighted by molar-refractivity contribution is -0.384. The number of carbonyl (C=O) groups is 1. The number of likely N-dealkylation sites (tertiary alicyclic amines) is 1.